The summed E-state index contributed by atoms with van der Waals surface area (Å²) in [6.45, 7) is 9.68. The summed E-state index contributed by atoms with van der Waals surface area (Å²) in [7, 11) is 0. The van der Waals surface area contributed by atoms with E-state index in [2.05, 4.69) is 49.2 Å². The Kier molecular flexibility index (Phi) is 5.12. The van der Waals surface area contributed by atoms with Crippen LogP contribution in [0.15, 0.2) is 18.2 Å². The topological polar surface area (TPSA) is 15.3 Å². The summed E-state index contributed by atoms with van der Waals surface area (Å²) >= 11 is 6.45. The molecule has 1 aliphatic rings. The standard InChI is InChI=1S/C16H25ClN2/c1-4-18-12(3)15-9-8-14(10-16(15)17)19(5-2)11-13-6-7-13/h8-10,12-13,18H,4-7,11H2,1-3H3. The Morgan fingerprint density at radius 3 is 2.63 bits per heavy atom. The van der Waals surface area contributed by atoms with Crippen LogP contribution in [-0.2, 0) is 0 Å². The first-order chi connectivity index (χ1) is 9.15. The van der Waals surface area contributed by atoms with Gasteiger partial charge < -0.3 is 10.2 Å². The fourth-order valence-electron chi connectivity index (χ4n) is 2.51. The minimum absolute atomic E-state index is 0.310. The molecular weight excluding hydrogens is 256 g/mol. The maximum absolute atomic E-state index is 6.45. The van der Waals surface area contributed by atoms with E-state index in [0.717, 1.165) is 24.0 Å². The molecule has 1 atom stereocenters. The van der Waals surface area contributed by atoms with Gasteiger partial charge in [-0.05, 0) is 56.8 Å². The fourth-order valence-corrected chi connectivity index (χ4v) is 2.85. The molecular formula is C16H25ClN2. The van der Waals surface area contributed by atoms with Crippen molar-refractivity contribution >= 4 is 17.3 Å². The number of halogens is 1. The molecule has 106 valence electrons. The van der Waals surface area contributed by atoms with Crippen molar-refractivity contribution in [2.24, 2.45) is 5.92 Å². The van der Waals surface area contributed by atoms with Crippen LogP contribution in [-0.4, -0.2) is 19.6 Å². The molecule has 0 radical (unpaired) electrons. The molecule has 0 aromatic heterocycles. The van der Waals surface area contributed by atoms with Crippen molar-refractivity contribution in [3.8, 4) is 0 Å². The van der Waals surface area contributed by atoms with E-state index in [1.807, 2.05) is 0 Å². The van der Waals surface area contributed by atoms with Gasteiger partial charge in [0, 0.05) is 29.8 Å². The minimum atomic E-state index is 0.310. The number of benzene rings is 1. The van der Waals surface area contributed by atoms with E-state index in [0.29, 0.717) is 6.04 Å². The summed E-state index contributed by atoms with van der Waals surface area (Å²) in [5.41, 5.74) is 2.45. The highest BCUT2D eigenvalue weighted by molar-refractivity contribution is 6.31. The van der Waals surface area contributed by atoms with Crippen LogP contribution in [0.4, 0.5) is 5.69 Å². The van der Waals surface area contributed by atoms with Crippen LogP contribution >= 0.6 is 11.6 Å². The molecule has 0 heterocycles. The average Bonchev–Trinajstić information content (AvgIpc) is 3.20. The molecule has 0 amide bonds. The molecule has 1 N–H and O–H groups in total. The molecule has 1 unspecified atom stereocenters. The van der Waals surface area contributed by atoms with Gasteiger partial charge in [0.05, 0.1) is 0 Å². The number of hydrogen-bond acceptors (Lipinski definition) is 2. The second-order valence-electron chi connectivity index (χ2n) is 5.47. The lowest BCUT2D eigenvalue weighted by Crippen LogP contribution is -2.25. The highest BCUT2D eigenvalue weighted by Crippen LogP contribution is 2.33. The first-order valence-corrected chi connectivity index (χ1v) is 7.81. The van der Waals surface area contributed by atoms with Gasteiger partial charge in [0.2, 0.25) is 0 Å². The van der Waals surface area contributed by atoms with Gasteiger partial charge in [0.1, 0.15) is 0 Å². The Balaban J connectivity index is 2.11. The molecule has 19 heavy (non-hydrogen) atoms. The van der Waals surface area contributed by atoms with Gasteiger partial charge in [0.25, 0.3) is 0 Å². The van der Waals surface area contributed by atoms with Gasteiger partial charge in [-0.1, -0.05) is 24.6 Å². The second kappa shape index (κ2) is 6.62. The van der Waals surface area contributed by atoms with Crippen LogP contribution < -0.4 is 10.2 Å². The van der Waals surface area contributed by atoms with Crippen LogP contribution in [0.2, 0.25) is 5.02 Å². The number of nitrogens with zero attached hydrogens (tertiary/aromatic N) is 1. The number of nitrogens with one attached hydrogen (secondary N) is 1. The molecule has 0 saturated heterocycles. The molecule has 0 spiro atoms. The molecule has 2 rings (SSSR count). The highest BCUT2D eigenvalue weighted by atomic mass is 35.5. The number of hydrogen-bond donors (Lipinski definition) is 1. The average molecular weight is 281 g/mol. The fraction of sp³-hybridized carbons (Fsp3) is 0.625. The highest BCUT2D eigenvalue weighted by Gasteiger charge is 2.24. The number of rotatable bonds is 7. The number of anilines is 1. The van der Waals surface area contributed by atoms with Gasteiger partial charge in [-0.25, -0.2) is 0 Å². The van der Waals surface area contributed by atoms with Crippen molar-refractivity contribution in [1.29, 1.82) is 0 Å². The third kappa shape index (κ3) is 3.87. The van der Waals surface area contributed by atoms with Gasteiger partial charge in [-0.15, -0.1) is 0 Å². The van der Waals surface area contributed by atoms with Crippen LogP contribution in [0.3, 0.4) is 0 Å². The van der Waals surface area contributed by atoms with Crippen LogP contribution in [0.5, 0.6) is 0 Å². The summed E-state index contributed by atoms with van der Waals surface area (Å²) in [6.07, 6.45) is 2.78. The molecule has 1 saturated carbocycles. The summed E-state index contributed by atoms with van der Waals surface area (Å²) in [5.74, 6) is 0.902. The monoisotopic (exact) mass is 280 g/mol. The predicted octanol–water partition coefficient (Wildman–Crippen LogP) is 4.25. The smallest absolute Gasteiger partial charge is 0.0474 e. The maximum Gasteiger partial charge on any atom is 0.0474 e. The first-order valence-electron chi connectivity index (χ1n) is 7.43. The second-order valence-corrected chi connectivity index (χ2v) is 5.87. The minimum Gasteiger partial charge on any atom is -0.371 e. The molecule has 1 aliphatic carbocycles. The van der Waals surface area contributed by atoms with Crippen molar-refractivity contribution in [1.82, 2.24) is 5.32 Å². The van der Waals surface area contributed by atoms with Crippen molar-refractivity contribution in [2.75, 3.05) is 24.5 Å². The Morgan fingerprint density at radius 1 is 1.37 bits per heavy atom. The molecule has 3 heteroatoms. The Bertz CT molecular complexity index is 415. The van der Waals surface area contributed by atoms with Gasteiger partial charge in [-0.3, -0.25) is 0 Å². The zero-order chi connectivity index (χ0) is 13.8. The molecule has 1 aromatic carbocycles. The Morgan fingerprint density at radius 2 is 2.11 bits per heavy atom. The van der Waals surface area contributed by atoms with Crippen molar-refractivity contribution in [3.05, 3.63) is 28.8 Å². The SMILES string of the molecule is CCNC(C)c1ccc(N(CC)CC2CC2)cc1Cl. The third-order valence-corrected chi connectivity index (χ3v) is 4.21. The van der Waals surface area contributed by atoms with E-state index in [9.17, 15) is 0 Å². The van der Waals surface area contributed by atoms with E-state index in [1.165, 1.54) is 30.6 Å². The van der Waals surface area contributed by atoms with E-state index < -0.39 is 0 Å². The van der Waals surface area contributed by atoms with Crippen LogP contribution in [0, 0.1) is 5.92 Å². The first kappa shape index (κ1) is 14.7. The summed E-state index contributed by atoms with van der Waals surface area (Å²) in [4.78, 5) is 2.44. The lowest BCUT2D eigenvalue weighted by molar-refractivity contribution is 0.598. The molecule has 2 nitrogen and oxygen atoms in total. The molecule has 1 fully saturated rings. The van der Waals surface area contributed by atoms with E-state index in [4.69, 9.17) is 11.6 Å². The molecule has 1 aromatic rings. The van der Waals surface area contributed by atoms with Crippen LogP contribution in [0.1, 0.15) is 45.2 Å². The predicted molar refractivity (Wildman–Crippen MR) is 84.2 cm³/mol. The van der Waals surface area contributed by atoms with E-state index in [1.54, 1.807) is 0 Å². The lowest BCUT2D eigenvalue weighted by atomic mass is 10.1. The Hall–Kier alpha value is -0.730. The quantitative estimate of drug-likeness (QED) is 0.803. The normalized spacial score (nSPS) is 16.4. The van der Waals surface area contributed by atoms with Gasteiger partial charge in [-0.2, -0.15) is 0 Å². The Labute approximate surface area is 122 Å². The zero-order valence-corrected chi connectivity index (χ0v) is 13.0. The van der Waals surface area contributed by atoms with Crippen molar-refractivity contribution in [3.63, 3.8) is 0 Å². The third-order valence-electron chi connectivity index (χ3n) is 3.88. The van der Waals surface area contributed by atoms with Crippen molar-refractivity contribution in [2.45, 2.75) is 39.7 Å². The maximum atomic E-state index is 6.45. The largest absolute Gasteiger partial charge is 0.371 e. The molecule has 0 aliphatic heterocycles. The molecule has 0 bridgehead atoms. The van der Waals surface area contributed by atoms with Crippen LogP contribution in [0.25, 0.3) is 0 Å². The summed E-state index contributed by atoms with van der Waals surface area (Å²) < 4.78 is 0. The van der Waals surface area contributed by atoms with Gasteiger partial charge >= 0.3 is 0 Å². The lowest BCUT2D eigenvalue weighted by Gasteiger charge is -2.24. The van der Waals surface area contributed by atoms with Crippen molar-refractivity contribution < 1.29 is 0 Å². The zero-order valence-electron chi connectivity index (χ0n) is 12.2. The van der Waals surface area contributed by atoms with E-state index in [-0.39, 0.29) is 0 Å². The van der Waals surface area contributed by atoms with E-state index >= 15 is 0 Å². The summed E-state index contributed by atoms with van der Waals surface area (Å²) in [6, 6.07) is 6.81. The van der Waals surface area contributed by atoms with Gasteiger partial charge in [0.15, 0.2) is 0 Å². The summed E-state index contributed by atoms with van der Waals surface area (Å²) in [5, 5.41) is 4.28.